The largest absolute Gasteiger partial charge is 0.480 e. The van der Waals surface area contributed by atoms with Crippen LogP contribution in [0.2, 0.25) is 0 Å². The van der Waals surface area contributed by atoms with Crippen molar-refractivity contribution in [2.45, 2.75) is 39.2 Å². The third-order valence-corrected chi connectivity index (χ3v) is 3.25. The van der Waals surface area contributed by atoms with Gasteiger partial charge in [0.2, 0.25) is 10.0 Å². The second kappa shape index (κ2) is 5.98. The van der Waals surface area contributed by atoms with E-state index in [4.69, 9.17) is 5.11 Å². The molecule has 0 aliphatic carbocycles. The van der Waals surface area contributed by atoms with Crippen molar-refractivity contribution in [3.05, 3.63) is 0 Å². The predicted octanol–water partition coefficient (Wildman–Crippen LogP) is 0.569. The highest BCUT2D eigenvalue weighted by atomic mass is 32.2. The molecule has 0 aliphatic heterocycles. The molecule has 84 valence electrons. The SMILES string of the molecule is CCCC[C@H](NS(=O)(=O)CC)C(=O)O. The van der Waals surface area contributed by atoms with Crippen LogP contribution < -0.4 is 4.72 Å². The molecule has 2 N–H and O–H groups in total. The number of hydrogen-bond donors (Lipinski definition) is 2. The highest BCUT2D eigenvalue weighted by Crippen LogP contribution is 2.02. The van der Waals surface area contributed by atoms with Gasteiger partial charge in [0.25, 0.3) is 0 Å². The zero-order valence-electron chi connectivity index (χ0n) is 8.49. The molecule has 0 aromatic heterocycles. The average Bonchev–Trinajstić information content (AvgIpc) is 2.12. The van der Waals surface area contributed by atoms with Gasteiger partial charge in [-0.2, -0.15) is 0 Å². The van der Waals surface area contributed by atoms with Gasteiger partial charge >= 0.3 is 5.97 Å². The summed E-state index contributed by atoms with van der Waals surface area (Å²) in [5.74, 6) is -1.21. The van der Waals surface area contributed by atoms with Gasteiger partial charge in [-0.1, -0.05) is 19.8 Å². The molecular weight excluding hydrogens is 206 g/mol. The van der Waals surface area contributed by atoms with Crippen molar-refractivity contribution < 1.29 is 18.3 Å². The molecule has 0 bridgehead atoms. The molecule has 0 saturated heterocycles. The Morgan fingerprint density at radius 2 is 2.00 bits per heavy atom. The van der Waals surface area contributed by atoms with Gasteiger partial charge < -0.3 is 5.11 Å². The second-order valence-corrected chi connectivity index (χ2v) is 5.10. The standard InChI is InChI=1S/C8H17NO4S/c1-3-5-6-7(8(10)11)9-14(12,13)4-2/h7,9H,3-6H2,1-2H3,(H,10,11)/t7-/m0/s1. The summed E-state index contributed by atoms with van der Waals surface area (Å²) in [5.41, 5.74) is 0. The Hall–Kier alpha value is -0.620. The molecule has 0 spiro atoms. The lowest BCUT2D eigenvalue weighted by Crippen LogP contribution is -2.41. The van der Waals surface area contributed by atoms with Crippen LogP contribution in [0, 0.1) is 0 Å². The summed E-state index contributed by atoms with van der Waals surface area (Å²) < 4.78 is 24.4. The van der Waals surface area contributed by atoms with E-state index in [1.54, 1.807) is 0 Å². The smallest absolute Gasteiger partial charge is 0.321 e. The van der Waals surface area contributed by atoms with E-state index in [-0.39, 0.29) is 5.75 Å². The summed E-state index contributed by atoms with van der Waals surface area (Å²) in [7, 11) is -3.42. The first kappa shape index (κ1) is 13.4. The zero-order chi connectivity index (χ0) is 11.2. The number of sulfonamides is 1. The van der Waals surface area contributed by atoms with Crippen molar-refractivity contribution >= 4 is 16.0 Å². The van der Waals surface area contributed by atoms with Crippen molar-refractivity contribution in [1.82, 2.24) is 4.72 Å². The highest BCUT2D eigenvalue weighted by molar-refractivity contribution is 7.89. The van der Waals surface area contributed by atoms with Crippen LogP contribution in [0.3, 0.4) is 0 Å². The molecular formula is C8H17NO4S. The van der Waals surface area contributed by atoms with Crippen molar-refractivity contribution in [2.24, 2.45) is 0 Å². The number of carbonyl (C=O) groups is 1. The van der Waals surface area contributed by atoms with Gasteiger partial charge in [-0.05, 0) is 13.3 Å². The maximum atomic E-state index is 11.1. The van der Waals surface area contributed by atoms with E-state index in [2.05, 4.69) is 4.72 Å². The fourth-order valence-electron chi connectivity index (χ4n) is 0.941. The van der Waals surface area contributed by atoms with Crippen molar-refractivity contribution in [3.8, 4) is 0 Å². The van der Waals surface area contributed by atoms with E-state index in [1.165, 1.54) is 6.92 Å². The highest BCUT2D eigenvalue weighted by Gasteiger charge is 2.21. The van der Waals surface area contributed by atoms with E-state index in [1.807, 2.05) is 6.92 Å². The number of carboxylic acids is 1. The minimum atomic E-state index is -3.42. The Kier molecular flexibility index (Phi) is 5.71. The number of hydrogen-bond acceptors (Lipinski definition) is 3. The zero-order valence-corrected chi connectivity index (χ0v) is 9.30. The van der Waals surface area contributed by atoms with Gasteiger partial charge in [-0.25, -0.2) is 13.1 Å². The average molecular weight is 223 g/mol. The summed E-state index contributed by atoms with van der Waals surface area (Å²) in [6.07, 6.45) is 1.88. The molecule has 0 aliphatic rings. The molecule has 0 aromatic carbocycles. The first-order chi connectivity index (χ1) is 6.43. The van der Waals surface area contributed by atoms with Gasteiger partial charge in [-0.3, -0.25) is 4.79 Å². The summed E-state index contributed by atoms with van der Waals surface area (Å²) in [5, 5.41) is 8.73. The Morgan fingerprint density at radius 3 is 2.36 bits per heavy atom. The van der Waals surface area contributed by atoms with Crippen molar-refractivity contribution in [2.75, 3.05) is 5.75 Å². The Morgan fingerprint density at radius 1 is 1.43 bits per heavy atom. The molecule has 0 fully saturated rings. The summed E-state index contributed by atoms with van der Waals surface area (Å²) >= 11 is 0. The fourth-order valence-corrected chi connectivity index (χ4v) is 1.76. The van der Waals surface area contributed by atoms with Gasteiger partial charge in [0.15, 0.2) is 0 Å². The van der Waals surface area contributed by atoms with Crippen LogP contribution in [0.4, 0.5) is 0 Å². The molecule has 0 heterocycles. The summed E-state index contributed by atoms with van der Waals surface area (Å²) in [6, 6.07) is -0.986. The van der Waals surface area contributed by atoms with Gasteiger partial charge in [0.05, 0.1) is 5.75 Å². The van der Waals surface area contributed by atoms with Crippen LogP contribution in [0.15, 0.2) is 0 Å². The molecule has 0 amide bonds. The summed E-state index contributed by atoms with van der Waals surface area (Å²) in [4.78, 5) is 10.7. The third-order valence-electron chi connectivity index (χ3n) is 1.85. The molecule has 0 saturated carbocycles. The maximum Gasteiger partial charge on any atom is 0.321 e. The van der Waals surface area contributed by atoms with Crippen LogP contribution in [-0.4, -0.2) is 31.3 Å². The maximum absolute atomic E-state index is 11.1. The monoisotopic (exact) mass is 223 g/mol. The topological polar surface area (TPSA) is 83.5 Å². The normalized spacial score (nSPS) is 13.9. The van der Waals surface area contributed by atoms with E-state index in [0.717, 1.165) is 6.42 Å². The quantitative estimate of drug-likeness (QED) is 0.661. The lowest BCUT2D eigenvalue weighted by Gasteiger charge is -2.13. The Bertz CT molecular complexity index is 273. The second-order valence-electron chi connectivity index (χ2n) is 3.05. The van der Waals surface area contributed by atoms with Crippen LogP contribution in [0.1, 0.15) is 33.1 Å². The van der Waals surface area contributed by atoms with Gasteiger partial charge in [-0.15, -0.1) is 0 Å². The third kappa shape index (κ3) is 5.18. The Labute approximate surface area is 84.6 Å². The lowest BCUT2D eigenvalue weighted by atomic mass is 10.1. The van der Waals surface area contributed by atoms with Crippen LogP contribution in [-0.2, 0) is 14.8 Å². The number of aliphatic carboxylic acids is 1. The first-order valence-corrected chi connectivity index (χ1v) is 6.31. The lowest BCUT2D eigenvalue weighted by molar-refractivity contribution is -0.139. The molecule has 0 unspecified atom stereocenters. The number of rotatable bonds is 7. The van der Waals surface area contributed by atoms with Crippen molar-refractivity contribution in [1.29, 1.82) is 0 Å². The minimum Gasteiger partial charge on any atom is -0.480 e. The Balaban J connectivity index is 4.31. The first-order valence-electron chi connectivity index (χ1n) is 4.65. The fraction of sp³-hybridized carbons (Fsp3) is 0.875. The van der Waals surface area contributed by atoms with Gasteiger partial charge in [0, 0.05) is 0 Å². The molecule has 14 heavy (non-hydrogen) atoms. The number of nitrogens with one attached hydrogen (secondary N) is 1. The molecule has 1 atom stereocenters. The predicted molar refractivity (Wildman–Crippen MR) is 53.5 cm³/mol. The van der Waals surface area contributed by atoms with E-state index >= 15 is 0 Å². The van der Waals surface area contributed by atoms with Crippen LogP contribution in [0.25, 0.3) is 0 Å². The molecule has 0 aromatic rings. The number of carboxylic acid groups (broad SMARTS) is 1. The van der Waals surface area contributed by atoms with E-state index in [9.17, 15) is 13.2 Å². The molecule has 5 nitrogen and oxygen atoms in total. The van der Waals surface area contributed by atoms with Gasteiger partial charge in [0.1, 0.15) is 6.04 Å². The molecule has 0 radical (unpaired) electrons. The van der Waals surface area contributed by atoms with Crippen LogP contribution >= 0.6 is 0 Å². The van der Waals surface area contributed by atoms with Crippen molar-refractivity contribution in [3.63, 3.8) is 0 Å². The summed E-state index contributed by atoms with van der Waals surface area (Å²) in [6.45, 7) is 3.40. The molecule has 0 rings (SSSR count). The minimum absolute atomic E-state index is 0.0943. The molecule has 6 heteroatoms. The van der Waals surface area contributed by atoms with Crippen LogP contribution in [0.5, 0.6) is 0 Å². The van der Waals surface area contributed by atoms with E-state index < -0.39 is 22.0 Å². The number of unbranched alkanes of at least 4 members (excludes halogenated alkanes) is 1. The van der Waals surface area contributed by atoms with E-state index in [0.29, 0.717) is 12.8 Å².